The lowest BCUT2D eigenvalue weighted by Crippen LogP contribution is -2.35. The molecule has 1 aliphatic rings. The molecule has 2 aromatic heterocycles. The number of anilines is 3. The summed E-state index contributed by atoms with van der Waals surface area (Å²) in [6, 6.07) is 5.88. The molecule has 0 spiro atoms. The maximum atomic E-state index is 13.4. The summed E-state index contributed by atoms with van der Waals surface area (Å²) in [4.78, 5) is 26.9. The molecule has 3 aromatic rings. The highest BCUT2D eigenvalue weighted by Crippen LogP contribution is 2.29. The normalized spacial score (nSPS) is 16.6. The fraction of sp³-hybridized carbons (Fsp3) is 0.593. The van der Waals surface area contributed by atoms with Crippen molar-refractivity contribution >= 4 is 40.1 Å². The minimum atomic E-state index is -0.870. The van der Waals surface area contributed by atoms with Crippen LogP contribution in [0.1, 0.15) is 46.5 Å². The number of piperidine rings is 1. The zero-order valence-corrected chi connectivity index (χ0v) is 23.4. The van der Waals surface area contributed by atoms with Crippen LogP contribution in [0.3, 0.4) is 0 Å². The van der Waals surface area contributed by atoms with Gasteiger partial charge in [-0.05, 0) is 84.3 Å². The zero-order chi connectivity index (χ0) is 26.7. The van der Waals surface area contributed by atoms with Crippen LogP contribution in [0.25, 0.3) is 11.0 Å². The quantitative estimate of drug-likeness (QED) is 0.403. The van der Waals surface area contributed by atoms with Gasteiger partial charge in [-0.1, -0.05) is 18.5 Å². The maximum absolute atomic E-state index is 13.4. The predicted octanol–water partition coefficient (Wildman–Crippen LogP) is 4.34. The Morgan fingerprint density at radius 3 is 2.68 bits per heavy atom. The zero-order valence-electron chi connectivity index (χ0n) is 22.7. The largest absolute Gasteiger partial charge is 0.390 e. The van der Waals surface area contributed by atoms with Gasteiger partial charge in [0, 0.05) is 31.9 Å². The monoisotopic (exact) mass is 529 g/mol. The Bertz CT molecular complexity index is 1280. The first-order chi connectivity index (χ1) is 17.5. The first-order valence-electron chi connectivity index (χ1n) is 13.2. The van der Waals surface area contributed by atoms with Crippen LogP contribution >= 0.6 is 11.6 Å². The van der Waals surface area contributed by atoms with Crippen LogP contribution < -0.4 is 15.9 Å². The summed E-state index contributed by atoms with van der Waals surface area (Å²) in [5.41, 5.74) is 1.55. The number of aromatic nitrogens is 4. The van der Waals surface area contributed by atoms with Crippen molar-refractivity contribution in [3.8, 4) is 0 Å². The van der Waals surface area contributed by atoms with Gasteiger partial charge < -0.3 is 20.2 Å². The lowest BCUT2D eigenvalue weighted by Gasteiger charge is -2.31. The fourth-order valence-electron chi connectivity index (χ4n) is 4.87. The van der Waals surface area contributed by atoms with Gasteiger partial charge in [0.2, 0.25) is 5.95 Å². The van der Waals surface area contributed by atoms with Crippen molar-refractivity contribution in [2.45, 2.75) is 65.1 Å². The van der Waals surface area contributed by atoms with Gasteiger partial charge in [-0.2, -0.15) is 4.98 Å². The number of imidazole rings is 1. The molecule has 1 saturated heterocycles. The number of rotatable bonds is 10. The first-order valence-corrected chi connectivity index (χ1v) is 13.5. The second-order valence-corrected chi connectivity index (χ2v) is 11.6. The molecule has 1 unspecified atom stereocenters. The molecule has 0 aliphatic carbocycles. The topological polar surface area (TPSA) is 91.5 Å². The standard InChI is InChI=1S/C27H40ClN7O2/c1-19-8-6-13-33(18-19)25-29-17-21(28)24(31-25)30-20-9-10-22-23(16-20)35(15-11-27(2,3)37)26(36)34(22)14-7-12-32(4)5/h9-10,16-17,19,37H,6-8,11-15,18H2,1-5H3,(H,29,30,31). The second-order valence-electron chi connectivity index (χ2n) is 11.2. The van der Waals surface area contributed by atoms with Gasteiger partial charge in [-0.25, -0.2) is 9.78 Å². The van der Waals surface area contributed by atoms with E-state index in [4.69, 9.17) is 16.6 Å². The molecular weight excluding hydrogens is 490 g/mol. The Morgan fingerprint density at radius 1 is 1.22 bits per heavy atom. The third-order valence-corrected chi connectivity index (χ3v) is 7.16. The number of aryl methyl sites for hydroxylation is 2. The van der Waals surface area contributed by atoms with Crippen molar-refractivity contribution in [1.82, 2.24) is 24.0 Å². The summed E-state index contributed by atoms with van der Waals surface area (Å²) < 4.78 is 3.59. The van der Waals surface area contributed by atoms with Crippen LogP contribution in [0, 0.1) is 5.92 Å². The van der Waals surface area contributed by atoms with Crippen LogP contribution in [-0.4, -0.2) is 68.4 Å². The van der Waals surface area contributed by atoms with Crippen molar-refractivity contribution in [1.29, 1.82) is 0 Å². The van der Waals surface area contributed by atoms with E-state index in [1.54, 1.807) is 24.6 Å². The smallest absolute Gasteiger partial charge is 0.329 e. The van der Waals surface area contributed by atoms with E-state index >= 15 is 0 Å². The predicted molar refractivity (Wildman–Crippen MR) is 151 cm³/mol. The molecule has 0 saturated carbocycles. The van der Waals surface area contributed by atoms with Crippen LogP contribution in [0.2, 0.25) is 5.02 Å². The molecule has 0 bridgehead atoms. The van der Waals surface area contributed by atoms with Crippen molar-refractivity contribution in [3.05, 3.63) is 39.9 Å². The van der Waals surface area contributed by atoms with Crippen molar-refractivity contribution in [2.24, 2.45) is 5.92 Å². The van der Waals surface area contributed by atoms with Gasteiger partial charge in [0.15, 0.2) is 5.82 Å². The van der Waals surface area contributed by atoms with Crippen molar-refractivity contribution < 1.29 is 5.11 Å². The number of hydrogen-bond acceptors (Lipinski definition) is 7. The van der Waals surface area contributed by atoms with Crippen molar-refractivity contribution in [3.63, 3.8) is 0 Å². The molecule has 1 atom stereocenters. The van der Waals surface area contributed by atoms with Gasteiger partial charge in [0.05, 0.1) is 22.8 Å². The van der Waals surface area contributed by atoms with E-state index in [2.05, 4.69) is 27.0 Å². The average Bonchev–Trinajstić information content (AvgIpc) is 3.08. The molecular formula is C27H40ClN7O2. The van der Waals surface area contributed by atoms with E-state index in [0.29, 0.717) is 42.2 Å². The van der Waals surface area contributed by atoms with E-state index in [1.165, 1.54) is 6.42 Å². The van der Waals surface area contributed by atoms with Gasteiger partial charge in [0.25, 0.3) is 0 Å². The second kappa shape index (κ2) is 11.4. The lowest BCUT2D eigenvalue weighted by molar-refractivity contribution is 0.0662. The van der Waals surface area contributed by atoms with Gasteiger partial charge >= 0.3 is 5.69 Å². The van der Waals surface area contributed by atoms with Crippen molar-refractivity contribution in [2.75, 3.05) is 43.9 Å². The Kier molecular flexibility index (Phi) is 8.46. The number of nitrogens with zero attached hydrogens (tertiary/aromatic N) is 6. The summed E-state index contributed by atoms with van der Waals surface area (Å²) in [5.74, 6) is 1.82. The molecule has 1 fully saturated rings. The molecule has 37 heavy (non-hydrogen) atoms. The van der Waals surface area contributed by atoms with Crippen LogP contribution in [-0.2, 0) is 13.1 Å². The summed E-state index contributed by atoms with van der Waals surface area (Å²) in [7, 11) is 4.06. The molecule has 3 heterocycles. The average molecular weight is 530 g/mol. The van der Waals surface area contributed by atoms with Crippen LogP contribution in [0.5, 0.6) is 0 Å². The molecule has 10 heteroatoms. The SMILES string of the molecule is CC1CCCN(c2ncc(Cl)c(Nc3ccc4c(c3)n(CCC(C)(C)O)c(=O)n4CCCN(C)C)n2)C1. The minimum Gasteiger partial charge on any atom is -0.390 e. The van der Waals surface area contributed by atoms with Gasteiger partial charge in [-0.3, -0.25) is 9.13 Å². The molecule has 0 radical (unpaired) electrons. The number of benzene rings is 1. The Labute approximate surface area is 224 Å². The Balaban J connectivity index is 1.66. The molecule has 9 nitrogen and oxygen atoms in total. The summed E-state index contributed by atoms with van der Waals surface area (Å²) in [5, 5.41) is 14.1. The number of nitrogens with one attached hydrogen (secondary N) is 1. The third-order valence-electron chi connectivity index (χ3n) is 6.89. The molecule has 202 valence electrons. The highest BCUT2D eigenvalue weighted by Gasteiger charge is 2.21. The number of hydrogen-bond donors (Lipinski definition) is 2. The van der Waals surface area contributed by atoms with Gasteiger partial charge in [0.1, 0.15) is 5.02 Å². The summed E-state index contributed by atoms with van der Waals surface area (Å²) in [6.07, 6.45) is 5.33. The van der Waals surface area contributed by atoms with E-state index in [-0.39, 0.29) is 5.69 Å². The third kappa shape index (κ3) is 6.83. The molecule has 1 aromatic carbocycles. The van der Waals surface area contributed by atoms with Crippen LogP contribution in [0.4, 0.5) is 17.5 Å². The highest BCUT2D eigenvalue weighted by molar-refractivity contribution is 6.32. The summed E-state index contributed by atoms with van der Waals surface area (Å²) >= 11 is 6.48. The van der Waals surface area contributed by atoms with E-state index in [9.17, 15) is 9.90 Å². The van der Waals surface area contributed by atoms with E-state index in [0.717, 1.165) is 49.2 Å². The first kappa shape index (κ1) is 27.4. The fourth-order valence-corrected chi connectivity index (χ4v) is 5.00. The highest BCUT2D eigenvalue weighted by atomic mass is 35.5. The maximum Gasteiger partial charge on any atom is 0.329 e. The molecule has 2 N–H and O–H groups in total. The molecule has 1 aliphatic heterocycles. The minimum absolute atomic E-state index is 0.0586. The van der Waals surface area contributed by atoms with E-state index < -0.39 is 5.60 Å². The number of aliphatic hydroxyl groups is 1. The molecule has 0 amide bonds. The Morgan fingerprint density at radius 2 is 1.97 bits per heavy atom. The lowest BCUT2D eigenvalue weighted by atomic mass is 10.0. The summed E-state index contributed by atoms with van der Waals surface area (Å²) in [6.45, 7) is 9.60. The van der Waals surface area contributed by atoms with E-state index in [1.807, 2.05) is 36.9 Å². The van der Waals surface area contributed by atoms with Gasteiger partial charge in [-0.15, -0.1) is 0 Å². The van der Waals surface area contributed by atoms with Crippen LogP contribution in [0.15, 0.2) is 29.2 Å². The number of halogens is 1. The Hall–Kier alpha value is -2.62. The number of fused-ring (bicyclic) bond motifs is 1. The molecule has 4 rings (SSSR count).